The standard InChI is InChI=1S/C17H18N4O4/c1-11-15(12(2)21(19-11)17(23)25-4)20(16(22)24-3)10-14-7-5-6-13(8-14)9-18/h5-8H,10H2,1-4H3. The first-order valence-corrected chi connectivity index (χ1v) is 7.42. The molecule has 25 heavy (non-hydrogen) atoms. The smallest absolute Gasteiger partial charge is 0.434 e. The van der Waals surface area contributed by atoms with Crippen LogP contribution >= 0.6 is 0 Å². The first-order valence-electron chi connectivity index (χ1n) is 7.42. The van der Waals surface area contributed by atoms with Gasteiger partial charge in [0.25, 0.3) is 0 Å². The fourth-order valence-electron chi connectivity index (χ4n) is 2.56. The number of hydrogen-bond donors (Lipinski definition) is 0. The van der Waals surface area contributed by atoms with Gasteiger partial charge < -0.3 is 9.47 Å². The van der Waals surface area contributed by atoms with E-state index in [4.69, 9.17) is 14.7 Å². The minimum absolute atomic E-state index is 0.163. The number of rotatable bonds is 3. The molecule has 0 saturated heterocycles. The minimum atomic E-state index is -0.650. The van der Waals surface area contributed by atoms with Gasteiger partial charge in [0.2, 0.25) is 0 Å². The molecule has 1 aromatic heterocycles. The second-order valence-electron chi connectivity index (χ2n) is 5.27. The monoisotopic (exact) mass is 342 g/mol. The van der Waals surface area contributed by atoms with Gasteiger partial charge in [0.1, 0.15) is 0 Å². The molecule has 0 fully saturated rings. The molecule has 0 N–H and O–H groups in total. The van der Waals surface area contributed by atoms with Crippen LogP contribution in [0.1, 0.15) is 22.5 Å². The first kappa shape index (κ1) is 18.0. The first-order chi connectivity index (χ1) is 11.9. The highest BCUT2D eigenvalue weighted by atomic mass is 16.5. The van der Waals surface area contributed by atoms with Crippen molar-refractivity contribution in [2.45, 2.75) is 20.4 Å². The van der Waals surface area contributed by atoms with E-state index in [9.17, 15) is 9.59 Å². The molecule has 0 spiro atoms. The van der Waals surface area contributed by atoms with E-state index in [1.807, 2.05) is 0 Å². The molecule has 1 heterocycles. The number of hydrogen-bond acceptors (Lipinski definition) is 6. The fraction of sp³-hybridized carbons (Fsp3) is 0.294. The summed E-state index contributed by atoms with van der Waals surface area (Å²) >= 11 is 0. The molecule has 1 amide bonds. The number of methoxy groups -OCH3 is 2. The summed E-state index contributed by atoms with van der Waals surface area (Å²) in [6.45, 7) is 3.51. The summed E-state index contributed by atoms with van der Waals surface area (Å²) in [5.74, 6) is 0. The highest BCUT2D eigenvalue weighted by Crippen LogP contribution is 2.27. The average molecular weight is 342 g/mol. The Morgan fingerprint density at radius 2 is 2.00 bits per heavy atom. The van der Waals surface area contributed by atoms with E-state index >= 15 is 0 Å². The molecule has 0 bridgehead atoms. The predicted octanol–water partition coefficient (Wildman–Crippen LogP) is 2.76. The number of nitriles is 1. The lowest BCUT2D eigenvalue weighted by molar-refractivity contribution is 0.168. The van der Waals surface area contributed by atoms with Gasteiger partial charge in [-0.1, -0.05) is 12.1 Å². The van der Waals surface area contributed by atoms with Crippen LogP contribution in [0.5, 0.6) is 0 Å². The minimum Gasteiger partial charge on any atom is -0.452 e. The fourth-order valence-corrected chi connectivity index (χ4v) is 2.56. The Kier molecular flexibility index (Phi) is 5.39. The Labute approximate surface area is 145 Å². The van der Waals surface area contributed by atoms with Crippen molar-refractivity contribution in [1.29, 1.82) is 5.26 Å². The quantitative estimate of drug-likeness (QED) is 0.851. The van der Waals surface area contributed by atoms with E-state index < -0.39 is 12.2 Å². The van der Waals surface area contributed by atoms with E-state index in [1.54, 1.807) is 38.1 Å². The normalized spacial score (nSPS) is 10.0. The molecule has 0 atom stereocenters. The van der Waals surface area contributed by atoms with Gasteiger partial charge in [0, 0.05) is 0 Å². The molecule has 2 rings (SSSR count). The molecular weight excluding hydrogens is 324 g/mol. The molecule has 0 aliphatic heterocycles. The van der Waals surface area contributed by atoms with Crippen molar-refractivity contribution in [2.24, 2.45) is 0 Å². The number of aromatic nitrogens is 2. The Hall–Kier alpha value is -3.34. The number of anilines is 1. The summed E-state index contributed by atoms with van der Waals surface area (Å²) in [5.41, 5.74) is 2.62. The van der Waals surface area contributed by atoms with Crippen molar-refractivity contribution in [3.05, 3.63) is 46.8 Å². The Balaban J connectivity index is 2.48. The second-order valence-corrected chi connectivity index (χ2v) is 5.27. The van der Waals surface area contributed by atoms with Gasteiger partial charge >= 0.3 is 12.2 Å². The number of carbonyl (C=O) groups excluding carboxylic acids is 2. The summed E-state index contributed by atoms with van der Waals surface area (Å²) in [5, 5.41) is 13.2. The number of amides is 1. The zero-order chi connectivity index (χ0) is 18.6. The molecule has 0 radical (unpaired) electrons. The third kappa shape index (κ3) is 3.61. The highest BCUT2D eigenvalue weighted by Gasteiger charge is 2.26. The van der Waals surface area contributed by atoms with Crippen LogP contribution in [0, 0.1) is 25.2 Å². The third-order valence-electron chi connectivity index (χ3n) is 3.66. The molecule has 2 aromatic rings. The number of carbonyl (C=O) groups is 2. The predicted molar refractivity (Wildman–Crippen MR) is 89.2 cm³/mol. The van der Waals surface area contributed by atoms with E-state index in [-0.39, 0.29) is 6.54 Å². The maximum absolute atomic E-state index is 12.3. The molecule has 8 heteroatoms. The molecule has 0 aliphatic carbocycles. The second kappa shape index (κ2) is 7.49. The zero-order valence-corrected chi connectivity index (χ0v) is 14.4. The van der Waals surface area contributed by atoms with Crippen LogP contribution in [0.15, 0.2) is 24.3 Å². The SMILES string of the molecule is COC(=O)N(Cc1cccc(C#N)c1)c1c(C)nn(C(=O)OC)c1C. The van der Waals surface area contributed by atoms with Gasteiger partial charge in [-0.05, 0) is 31.5 Å². The topological polar surface area (TPSA) is 97.5 Å². The molecule has 0 saturated carbocycles. The molecule has 1 aromatic carbocycles. The van der Waals surface area contributed by atoms with Gasteiger partial charge in [0.05, 0.1) is 49.5 Å². The van der Waals surface area contributed by atoms with Crippen LogP contribution in [0.25, 0.3) is 0 Å². The van der Waals surface area contributed by atoms with E-state index in [1.165, 1.54) is 19.1 Å². The van der Waals surface area contributed by atoms with Crippen LogP contribution in [0.4, 0.5) is 15.3 Å². The maximum atomic E-state index is 12.3. The number of nitrogens with zero attached hydrogens (tertiary/aromatic N) is 4. The molecular formula is C17H18N4O4. The van der Waals surface area contributed by atoms with Crippen molar-refractivity contribution in [3.63, 3.8) is 0 Å². The molecule has 0 unspecified atom stereocenters. The summed E-state index contributed by atoms with van der Waals surface area (Å²) in [4.78, 5) is 25.5. The van der Waals surface area contributed by atoms with Crippen molar-refractivity contribution in [1.82, 2.24) is 9.78 Å². The van der Waals surface area contributed by atoms with Crippen LogP contribution in [0.3, 0.4) is 0 Å². The lowest BCUT2D eigenvalue weighted by Gasteiger charge is -2.21. The Bertz CT molecular complexity index is 851. The van der Waals surface area contributed by atoms with Crippen LogP contribution in [-0.4, -0.2) is 36.2 Å². The Morgan fingerprint density at radius 1 is 1.28 bits per heavy atom. The van der Waals surface area contributed by atoms with Gasteiger partial charge in [0.15, 0.2) is 0 Å². The summed E-state index contributed by atoms with van der Waals surface area (Å²) in [6.07, 6.45) is -1.25. The van der Waals surface area contributed by atoms with Gasteiger partial charge in [-0.25, -0.2) is 9.59 Å². The molecule has 0 aliphatic rings. The van der Waals surface area contributed by atoms with Gasteiger partial charge in [-0.15, -0.1) is 0 Å². The van der Waals surface area contributed by atoms with Crippen LogP contribution < -0.4 is 4.90 Å². The van der Waals surface area contributed by atoms with Crippen LogP contribution in [-0.2, 0) is 16.0 Å². The van der Waals surface area contributed by atoms with Crippen molar-refractivity contribution in [2.75, 3.05) is 19.1 Å². The highest BCUT2D eigenvalue weighted by molar-refractivity contribution is 5.90. The maximum Gasteiger partial charge on any atom is 0.434 e. The summed E-state index contributed by atoms with van der Waals surface area (Å²) in [6, 6.07) is 8.96. The summed E-state index contributed by atoms with van der Waals surface area (Å²) in [7, 11) is 2.53. The van der Waals surface area contributed by atoms with Crippen molar-refractivity contribution >= 4 is 17.9 Å². The van der Waals surface area contributed by atoms with Gasteiger partial charge in [-0.3, -0.25) is 4.90 Å². The van der Waals surface area contributed by atoms with Gasteiger partial charge in [-0.2, -0.15) is 15.0 Å². The molecule has 8 nitrogen and oxygen atoms in total. The van der Waals surface area contributed by atoms with Crippen LogP contribution in [0.2, 0.25) is 0 Å². The summed E-state index contributed by atoms with van der Waals surface area (Å²) < 4.78 is 10.7. The average Bonchev–Trinajstić information content (AvgIpc) is 2.93. The van der Waals surface area contributed by atoms with Crippen molar-refractivity contribution < 1.29 is 19.1 Å². The number of aryl methyl sites for hydroxylation is 1. The number of benzene rings is 1. The lowest BCUT2D eigenvalue weighted by Crippen LogP contribution is -2.31. The lowest BCUT2D eigenvalue weighted by atomic mass is 10.1. The Morgan fingerprint density at radius 3 is 2.60 bits per heavy atom. The van der Waals surface area contributed by atoms with Crippen molar-refractivity contribution in [3.8, 4) is 6.07 Å². The van der Waals surface area contributed by atoms with E-state index in [0.29, 0.717) is 22.6 Å². The molecule has 130 valence electrons. The zero-order valence-electron chi connectivity index (χ0n) is 14.4. The van der Waals surface area contributed by atoms with E-state index in [0.717, 1.165) is 10.2 Å². The van der Waals surface area contributed by atoms with E-state index in [2.05, 4.69) is 11.2 Å². The third-order valence-corrected chi connectivity index (χ3v) is 3.66. The largest absolute Gasteiger partial charge is 0.452 e. The number of ether oxygens (including phenoxy) is 2.